The molecule has 156 valence electrons. The number of nitrogens with one attached hydrogen (secondary N) is 1. The topological polar surface area (TPSA) is 116 Å². The highest BCUT2D eigenvalue weighted by atomic mass is 32.2. The molecule has 0 aliphatic heterocycles. The summed E-state index contributed by atoms with van der Waals surface area (Å²) in [4.78, 5) is 22.8. The summed E-state index contributed by atoms with van der Waals surface area (Å²) in [6, 6.07) is 10.9. The average molecular weight is 420 g/mol. The standard InChI is InChI=1S/C20H24N2O6S/c1-14(2)12-19(21-29(26,27)18-10-4-15(3)5-11-18)20(23)28-13-16-6-8-17(9-7-16)22(24)25/h4-11,14,19,21H,12-13H2,1-3H3/t19-/m0/s1. The summed E-state index contributed by atoms with van der Waals surface area (Å²) < 4.78 is 33.0. The van der Waals surface area contributed by atoms with Gasteiger partial charge in [-0.25, -0.2) is 8.42 Å². The molecular formula is C20H24N2O6S. The molecule has 0 spiro atoms. The smallest absolute Gasteiger partial charge is 0.324 e. The summed E-state index contributed by atoms with van der Waals surface area (Å²) in [6.45, 7) is 5.48. The number of hydrogen-bond acceptors (Lipinski definition) is 6. The quantitative estimate of drug-likeness (QED) is 0.378. The van der Waals surface area contributed by atoms with Crippen molar-refractivity contribution >= 4 is 21.7 Å². The summed E-state index contributed by atoms with van der Waals surface area (Å²) in [5, 5.41) is 10.7. The molecule has 0 saturated carbocycles. The number of nitro benzene ring substituents is 1. The second kappa shape index (κ2) is 9.62. The first-order valence-corrected chi connectivity index (χ1v) is 10.6. The Kier molecular flexibility index (Phi) is 7.46. The summed E-state index contributed by atoms with van der Waals surface area (Å²) in [5.74, 6) is -0.652. The number of carbonyl (C=O) groups is 1. The number of non-ortho nitro benzene ring substituents is 1. The van der Waals surface area contributed by atoms with Gasteiger partial charge in [-0.15, -0.1) is 0 Å². The van der Waals surface area contributed by atoms with Gasteiger partial charge in [0.25, 0.3) is 5.69 Å². The van der Waals surface area contributed by atoms with Crippen molar-refractivity contribution < 1.29 is 22.9 Å². The molecule has 0 saturated heterocycles. The molecule has 2 aromatic carbocycles. The Hall–Kier alpha value is -2.78. The Morgan fingerprint density at radius 2 is 1.69 bits per heavy atom. The van der Waals surface area contributed by atoms with Crippen molar-refractivity contribution in [2.75, 3.05) is 0 Å². The van der Waals surface area contributed by atoms with Gasteiger partial charge < -0.3 is 4.74 Å². The van der Waals surface area contributed by atoms with Crippen LogP contribution in [-0.2, 0) is 26.2 Å². The molecule has 0 aromatic heterocycles. The molecule has 0 bridgehead atoms. The van der Waals surface area contributed by atoms with Crippen LogP contribution in [0.25, 0.3) is 0 Å². The Morgan fingerprint density at radius 3 is 2.21 bits per heavy atom. The van der Waals surface area contributed by atoms with Crippen LogP contribution in [0.1, 0.15) is 31.4 Å². The molecule has 0 unspecified atom stereocenters. The highest BCUT2D eigenvalue weighted by Crippen LogP contribution is 2.16. The second-order valence-electron chi connectivity index (χ2n) is 7.15. The van der Waals surface area contributed by atoms with Crippen LogP contribution in [0, 0.1) is 23.0 Å². The number of carbonyl (C=O) groups excluding carboxylic acids is 1. The first-order chi connectivity index (χ1) is 13.6. The molecule has 0 heterocycles. The lowest BCUT2D eigenvalue weighted by Gasteiger charge is -2.19. The minimum Gasteiger partial charge on any atom is -0.460 e. The second-order valence-corrected chi connectivity index (χ2v) is 8.86. The van der Waals surface area contributed by atoms with Crippen LogP contribution in [0.4, 0.5) is 5.69 Å². The van der Waals surface area contributed by atoms with E-state index in [1.807, 2.05) is 20.8 Å². The minimum atomic E-state index is -3.89. The number of hydrogen-bond donors (Lipinski definition) is 1. The fourth-order valence-corrected chi connectivity index (χ4v) is 3.80. The summed E-state index contributed by atoms with van der Waals surface area (Å²) >= 11 is 0. The SMILES string of the molecule is Cc1ccc(S(=O)(=O)N[C@@H](CC(C)C)C(=O)OCc2ccc([N+](=O)[O-])cc2)cc1. The predicted octanol–water partition coefficient (Wildman–Crippen LogP) is 3.34. The summed E-state index contributed by atoms with van der Waals surface area (Å²) in [5.41, 5.74) is 1.42. The molecule has 2 aromatic rings. The van der Waals surface area contributed by atoms with Crippen LogP contribution in [0.15, 0.2) is 53.4 Å². The maximum Gasteiger partial charge on any atom is 0.324 e. The monoisotopic (exact) mass is 420 g/mol. The van der Waals surface area contributed by atoms with E-state index in [-0.39, 0.29) is 29.5 Å². The van der Waals surface area contributed by atoms with E-state index in [1.54, 1.807) is 12.1 Å². The molecule has 0 radical (unpaired) electrons. The van der Waals surface area contributed by atoms with E-state index in [0.717, 1.165) is 5.56 Å². The number of esters is 1. The van der Waals surface area contributed by atoms with Crippen LogP contribution in [0.3, 0.4) is 0 Å². The number of benzene rings is 2. The van der Waals surface area contributed by atoms with Gasteiger partial charge in [-0.05, 0) is 49.1 Å². The van der Waals surface area contributed by atoms with E-state index in [2.05, 4.69) is 4.72 Å². The van der Waals surface area contributed by atoms with Crippen molar-refractivity contribution in [1.82, 2.24) is 4.72 Å². The molecule has 2 rings (SSSR count). The Morgan fingerprint density at radius 1 is 1.10 bits per heavy atom. The molecule has 0 fully saturated rings. The third kappa shape index (κ3) is 6.65. The fourth-order valence-electron chi connectivity index (χ4n) is 2.61. The average Bonchev–Trinajstić information content (AvgIpc) is 2.65. The van der Waals surface area contributed by atoms with Crippen LogP contribution >= 0.6 is 0 Å². The van der Waals surface area contributed by atoms with Gasteiger partial charge in [0.1, 0.15) is 12.6 Å². The van der Waals surface area contributed by atoms with Crippen molar-refractivity contribution in [3.05, 3.63) is 69.8 Å². The van der Waals surface area contributed by atoms with E-state index in [1.165, 1.54) is 36.4 Å². The van der Waals surface area contributed by atoms with Gasteiger partial charge in [0, 0.05) is 12.1 Å². The number of nitro groups is 1. The summed E-state index contributed by atoms with van der Waals surface area (Å²) in [6.07, 6.45) is 0.268. The molecule has 0 aliphatic carbocycles. The van der Waals surface area contributed by atoms with E-state index in [4.69, 9.17) is 4.74 Å². The molecule has 1 N–H and O–H groups in total. The first-order valence-electron chi connectivity index (χ1n) is 9.07. The number of nitrogens with zero attached hydrogens (tertiary/aromatic N) is 1. The van der Waals surface area contributed by atoms with Gasteiger partial charge >= 0.3 is 5.97 Å². The fraction of sp³-hybridized carbons (Fsp3) is 0.350. The van der Waals surface area contributed by atoms with Crippen LogP contribution in [-0.4, -0.2) is 25.4 Å². The minimum absolute atomic E-state index is 0.0487. The van der Waals surface area contributed by atoms with E-state index in [9.17, 15) is 23.3 Å². The first kappa shape index (κ1) is 22.5. The number of sulfonamides is 1. The van der Waals surface area contributed by atoms with Crippen molar-refractivity contribution in [3.63, 3.8) is 0 Å². The Balaban J connectivity index is 2.09. The van der Waals surface area contributed by atoms with Crippen molar-refractivity contribution in [2.24, 2.45) is 5.92 Å². The maximum atomic E-state index is 12.6. The van der Waals surface area contributed by atoms with E-state index >= 15 is 0 Å². The van der Waals surface area contributed by atoms with Crippen LogP contribution in [0.2, 0.25) is 0 Å². The lowest BCUT2D eigenvalue weighted by molar-refractivity contribution is -0.384. The Bertz CT molecular complexity index is 953. The van der Waals surface area contributed by atoms with Crippen LogP contribution in [0.5, 0.6) is 0 Å². The number of ether oxygens (including phenoxy) is 1. The Labute approximate surface area is 170 Å². The molecular weight excluding hydrogens is 396 g/mol. The largest absolute Gasteiger partial charge is 0.460 e. The number of aryl methyl sites for hydroxylation is 1. The normalized spacial score (nSPS) is 12.6. The third-order valence-electron chi connectivity index (χ3n) is 4.15. The molecule has 0 aliphatic rings. The van der Waals surface area contributed by atoms with Gasteiger partial charge in [0.05, 0.1) is 9.82 Å². The van der Waals surface area contributed by atoms with E-state index < -0.39 is 27.0 Å². The highest BCUT2D eigenvalue weighted by molar-refractivity contribution is 7.89. The van der Waals surface area contributed by atoms with Gasteiger partial charge in [0.15, 0.2) is 0 Å². The van der Waals surface area contributed by atoms with Crippen LogP contribution < -0.4 is 4.72 Å². The van der Waals surface area contributed by atoms with Gasteiger partial charge in [-0.1, -0.05) is 31.5 Å². The molecule has 29 heavy (non-hydrogen) atoms. The lowest BCUT2D eigenvalue weighted by atomic mass is 10.1. The summed E-state index contributed by atoms with van der Waals surface area (Å²) in [7, 11) is -3.89. The third-order valence-corrected chi connectivity index (χ3v) is 5.64. The van der Waals surface area contributed by atoms with Crippen molar-refractivity contribution in [2.45, 2.75) is 44.7 Å². The highest BCUT2D eigenvalue weighted by Gasteiger charge is 2.27. The van der Waals surface area contributed by atoms with Crippen molar-refractivity contribution in [3.8, 4) is 0 Å². The molecule has 0 amide bonds. The van der Waals surface area contributed by atoms with Crippen molar-refractivity contribution in [1.29, 1.82) is 0 Å². The molecule has 9 heteroatoms. The predicted molar refractivity (Wildman–Crippen MR) is 108 cm³/mol. The lowest BCUT2D eigenvalue weighted by Crippen LogP contribution is -2.42. The van der Waals surface area contributed by atoms with Gasteiger partial charge in [-0.2, -0.15) is 4.72 Å². The zero-order valence-electron chi connectivity index (χ0n) is 16.5. The zero-order valence-corrected chi connectivity index (χ0v) is 17.3. The molecule has 1 atom stereocenters. The van der Waals surface area contributed by atoms with Gasteiger partial charge in [-0.3, -0.25) is 14.9 Å². The number of rotatable bonds is 9. The molecule has 8 nitrogen and oxygen atoms in total. The maximum absolute atomic E-state index is 12.6. The van der Waals surface area contributed by atoms with E-state index in [0.29, 0.717) is 5.56 Å². The van der Waals surface area contributed by atoms with Gasteiger partial charge in [0.2, 0.25) is 10.0 Å². The zero-order chi connectivity index (χ0) is 21.6.